The van der Waals surface area contributed by atoms with Crippen LogP contribution in [-0.2, 0) is 6.54 Å². The van der Waals surface area contributed by atoms with Crippen molar-refractivity contribution in [3.05, 3.63) is 45.5 Å². The molecule has 1 aliphatic heterocycles. The molecule has 1 unspecified atom stereocenters. The highest BCUT2D eigenvalue weighted by Gasteiger charge is 2.33. The molecule has 0 spiro atoms. The zero-order valence-electron chi connectivity index (χ0n) is 14.3. The van der Waals surface area contributed by atoms with Crippen molar-refractivity contribution in [2.75, 3.05) is 13.1 Å². The molecule has 0 amide bonds. The van der Waals surface area contributed by atoms with Crippen molar-refractivity contribution in [2.24, 2.45) is 11.1 Å². The second-order valence-electron chi connectivity index (χ2n) is 7.05. The van der Waals surface area contributed by atoms with Gasteiger partial charge in [0.15, 0.2) is 0 Å². The van der Waals surface area contributed by atoms with Crippen molar-refractivity contribution >= 4 is 29.4 Å². The minimum atomic E-state index is -0.378. The summed E-state index contributed by atoms with van der Waals surface area (Å²) in [7, 11) is 0. The molecule has 6 nitrogen and oxygen atoms in total. The second-order valence-corrected chi connectivity index (χ2v) is 7.90. The Morgan fingerprint density at radius 1 is 1.48 bits per heavy atom. The van der Waals surface area contributed by atoms with Crippen LogP contribution in [0.1, 0.15) is 26.0 Å². The summed E-state index contributed by atoms with van der Waals surface area (Å²) in [6, 6.07) is 6.87. The fourth-order valence-electron chi connectivity index (χ4n) is 3.11. The highest BCUT2D eigenvalue weighted by atomic mass is 35.5. The van der Waals surface area contributed by atoms with Gasteiger partial charge in [-0.25, -0.2) is 4.98 Å². The van der Waals surface area contributed by atoms with Gasteiger partial charge in [0, 0.05) is 48.8 Å². The topological polar surface area (TPSA) is 85.3 Å². The predicted octanol–water partition coefficient (Wildman–Crippen LogP) is 3.70. The number of nitrogens with zero attached hydrogens (tertiary/aromatic N) is 3. The van der Waals surface area contributed by atoms with Crippen LogP contribution >= 0.6 is 23.7 Å². The molecule has 0 saturated carbocycles. The number of hydrogen-bond acceptors (Lipinski definition) is 6. The van der Waals surface area contributed by atoms with Crippen LogP contribution in [0.5, 0.6) is 0 Å². The maximum absolute atomic E-state index is 10.9. The number of benzene rings is 1. The zero-order chi connectivity index (χ0) is 17.3. The normalized spacial score (nSPS) is 20.0. The maximum atomic E-state index is 10.9. The molecule has 2 heterocycles. The van der Waals surface area contributed by atoms with E-state index >= 15 is 0 Å². The standard InChI is InChI=1S/C17H22N4O2S.ClH/c1-17(2)11-20(7-6-15(17)18)9-13-10-24-16(19-13)12-4-3-5-14(8-12)21(22)23;/h3-5,8,10,15H,6-7,9,11,18H2,1-2H3;1H. The van der Waals surface area contributed by atoms with Crippen LogP contribution < -0.4 is 5.73 Å². The number of rotatable bonds is 4. The first kappa shape index (κ1) is 19.8. The number of nitro benzene ring substituents is 1. The van der Waals surface area contributed by atoms with E-state index in [2.05, 4.69) is 23.7 Å². The van der Waals surface area contributed by atoms with Gasteiger partial charge < -0.3 is 5.73 Å². The van der Waals surface area contributed by atoms with Gasteiger partial charge in [0.2, 0.25) is 0 Å². The van der Waals surface area contributed by atoms with E-state index in [0.29, 0.717) is 0 Å². The summed E-state index contributed by atoms with van der Waals surface area (Å²) in [6.07, 6.45) is 0.995. The first-order valence-corrected chi connectivity index (χ1v) is 8.90. The second kappa shape index (κ2) is 7.78. The monoisotopic (exact) mass is 382 g/mol. The van der Waals surface area contributed by atoms with Crippen LogP contribution in [0.25, 0.3) is 10.6 Å². The summed E-state index contributed by atoms with van der Waals surface area (Å²) in [5.74, 6) is 0. The van der Waals surface area contributed by atoms with Crippen molar-refractivity contribution in [2.45, 2.75) is 32.9 Å². The molecule has 2 N–H and O–H groups in total. The first-order chi connectivity index (χ1) is 11.3. The minimum absolute atomic E-state index is 0. The number of piperidine rings is 1. The largest absolute Gasteiger partial charge is 0.327 e. The van der Waals surface area contributed by atoms with Gasteiger partial charge in [-0.2, -0.15) is 0 Å². The number of halogens is 1. The van der Waals surface area contributed by atoms with Crippen molar-refractivity contribution in [1.29, 1.82) is 0 Å². The van der Waals surface area contributed by atoms with E-state index in [1.807, 2.05) is 11.4 Å². The Morgan fingerprint density at radius 2 is 2.24 bits per heavy atom. The number of thiazole rings is 1. The third kappa shape index (κ3) is 4.55. The van der Waals surface area contributed by atoms with Gasteiger partial charge in [0.1, 0.15) is 5.01 Å². The molecule has 8 heteroatoms. The Hall–Kier alpha value is -1.54. The molecule has 1 saturated heterocycles. The van der Waals surface area contributed by atoms with Gasteiger partial charge in [-0.15, -0.1) is 23.7 Å². The van der Waals surface area contributed by atoms with Gasteiger partial charge in [-0.1, -0.05) is 26.0 Å². The molecule has 1 aliphatic rings. The zero-order valence-corrected chi connectivity index (χ0v) is 16.0. The summed E-state index contributed by atoms with van der Waals surface area (Å²) >= 11 is 1.53. The van der Waals surface area contributed by atoms with Crippen molar-refractivity contribution in [3.8, 4) is 10.6 Å². The van der Waals surface area contributed by atoms with E-state index in [9.17, 15) is 10.1 Å². The molecule has 1 atom stereocenters. The minimum Gasteiger partial charge on any atom is -0.327 e. The number of non-ortho nitro benzene ring substituents is 1. The molecular formula is C17H23ClN4O2S. The van der Waals surface area contributed by atoms with E-state index in [4.69, 9.17) is 5.73 Å². The number of aromatic nitrogens is 1. The Kier molecular flexibility index (Phi) is 6.16. The molecule has 0 aliphatic carbocycles. The van der Waals surface area contributed by atoms with Crippen LogP contribution in [0.4, 0.5) is 5.69 Å². The lowest BCUT2D eigenvalue weighted by atomic mass is 9.80. The molecule has 1 aromatic carbocycles. The average molecular weight is 383 g/mol. The molecule has 1 fully saturated rings. The Morgan fingerprint density at radius 3 is 2.92 bits per heavy atom. The van der Waals surface area contributed by atoms with Gasteiger partial charge in [0.05, 0.1) is 10.6 Å². The summed E-state index contributed by atoms with van der Waals surface area (Å²) in [5, 5.41) is 13.8. The Balaban J connectivity index is 0.00000225. The van der Waals surface area contributed by atoms with Gasteiger partial charge in [-0.3, -0.25) is 15.0 Å². The Labute approximate surface area is 157 Å². The molecule has 136 valence electrons. The van der Waals surface area contributed by atoms with E-state index in [1.54, 1.807) is 12.1 Å². The summed E-state index contributed by atoms with van der Waals surface area (Å²) in [6.45, 7) is 7.15. The molecule has 0 bridgehead atoms. The third-order valence-electron chi connectivity index (χ3n) is 4.63. The molecule has 3 rings (SSSR count). The summed E-state index contributed by atoms with van der Waals surface area (Å²) in [5.41, 5.74) is 8.19. The van der Waals surface area contributed by atoms with Crippen LogP contribution in [0.15, 0.2) is 29.6 Å². The van der Waals surface area contributed by atoms with Crippen LogP contribution in [0.3, 0.4) is 0 Å². The summed E-state index contributed by atoms with van der Waals surface area (Å²) < 4.78 is 0. The van der Waals surface area contributed by atoms with Gasteiger partial charge in [0.25, 0.3) is 5.69 Å². The van der Waals surface area contributed by atoms with E-state index in [0.717, 1.165) is 42.3 Å². The lowest BCUT2D eigenvalue weighted by Gasteiger charge is -2.42. The quantitative estimate of drug-likeness (QED) is 0.643. The average Bonchev–Trinajstić information content (AvgIpc) is 2.99. The lowest BCUT2D eigenvalue weighted by molar-refractivity contribution is -0.384. The Bertz CT molecular complexity index is 750. The fourth-order valence-corrected chi connectivity index (χ4v) is 3.92. The first-order valence-electron chi connectivity index (χ1n) is 8.02. The fraction of sp³-hybridized carbons (Fsp3) is 0.471. The molecular weight excluding hydrogens is 360 g/mol. The van der Waals surface area contributed by atoms with Crippen molar-refractivity contribution < 1.29 is 4.92 Å². The number of likely N-dealkylation sites (tertiary alicyclic amines) is 1. The predicted molar refractivity (Wildman–Crippen MR) is 103 cm³/mol. The van der Waals surface area contributed by atoms with Crippen molar-refractivity contribution in [3.63, 3.8) is 0 Å². The molecule has 25 heavy (non-hydrogen) atoms. The lowest BCUT2D eigenvalue weighted by Crippen LogP contribution is -2.52. The van der Waals surface area contributed by atoms with Crippen molar-refractivity contribution in [1.82, 2.24) is 9.88 Å². The van der Waals surface area contributed by atoms with E-state index in [1.165, 1.54) is 17.4 Å². The smallest absolute Gasteiger partial charge is 0.270 e. The number of hydrogen-bond donors (Lipinski definition) is 1. The molecule has 2 aromatic rings. The van der Waals surface area contributed by atoms with Crippen LogP contribution in [0, 0.1) is 15.5 Å². The number of nitro groups is 1. The van der Waals surface area contributed by atoms with Crippen LogP contribution in [0.2, 0.25) is 0 Å². The maximum Gasteiger partial charge on any atom is 0.270 e. The van der Waals surface area contributed by atoms with Crippen LogP contribution in [-0.4, -0.2) is 33.9 Å². The molecule has 1 aromatic heterocycles. The number of nitrogens with two attached hydrogens (primary N) is 1. The molecule has 0 radical (unpaired) electrons. The van der Waals surface area contributed by atoms with Gasteiger partial charge in [-0.05, 0) is 11.8 Å². The van der Waals surface area contributed by atoms with Gasteiger partial charge >= 0.3 is 0 Å². The highest BCUT2D eigenvalue weighted by molar-refractivity contribution is 7.13. The SMILES string of the molecule is CC1(C)CN(Cc2csc(-c3cccc([N+](=O)[O-])c3)n2)CCC1N.Cl. The van der Waals surface area contributed by atoms with E-state index in [-0.39, 0.29) is 34.5 Å². The van der Waals surface area contributed by atoms with E-state index < -0.39 is 0 Å². The third-order valence-corrected chi connectivity index (χ3v) is 5.57. The summed E-state index contributed by atoms with van der Waals surface area (Å²) in [4.78, 5) is 17.6. The highest BCUT2D eigenvalue weighted by Crippen LogP contribution is 2.30.